The zero-order valence-corrected chi connectivity index (χ0v) is 20.4. The zero-order valence-electron chi connectivity index (χ0n) is 18.8. The third kappa shape index (κ3) is 5.19. The Kier molecular flexibility index (Phi) is 7.12. The van der Waals surface area contributed by atoms with Gasteiger partial charge in [-0.05, 0) is 30.3 Å². The lowest BCUT2D eigenvalue weighted by molar-refractivity contribution is 0.0947. The first-order valence-electron chi connectivity index (χ1n) is 10.7. The van der Waals surface area contributed by atoms with Crippen LogP contribution in [0.5, 0.6) is 0 Å². The number of carbonyl (C=O) groups excluding carboxylic acids is 1. The van der Waals surface area contributed by atoms with E-state index in [1.807, 2.05) is 0 Å². The van der Waals surface area contributed by atoms with E-state index in [4.69, 9.17) is 0 Å². The van der Waals surface area contributed by atoms with Gasteiger partial charge >= 0.3 is 0 Å². The number of fused-ring (bicyclic) bond motifs is 1. The first-order chi connectivity index (χ1) is 16.1. The lowest BCUT2D eigenvalue weighted by Gasteiger charge is -2.34. The van der Waals surface area contributed by atoms with E-state index in [9.17, 15) is 22.0 Å². The van der Waals surface area contributed by atoms with E-state index in [0.29, 0.717) is 41.6 Å². The van der Waals surface area contributed by atoms with Crippen LogP contribution in [-0.4, -0.2) is 81.9 Å². The number of amides is 1. The minimum Gasteiger partial charge on any atom is -0.351 e. The molecule has 1 fully saturated rings. The van der Waals surface area contributed by atoms with Crippen molar-refractivity contribution in [1.82, 2.24) is 19.5 Å². The highest BCUT2D eigenvalue weighted by atomic mass is 32.2. The van der Waals surface area contributed by atoms with E-state index in [0.717, 1.165) is 23.5 Å². The molecule has 1 aromatic heterocycles. The highest BCUT2D eigenvalue weighted by Gasteiger charge is 2.21. The van der Waals surface area contributed by atoms with Gasteiger partial charge in [0.05, 0.1) is 9.60 Å². The summed E-state index contributed by atoms with van der Waals surface area (Å²) in [5, 5.41) is 3.53. The molecule has 8 nitrogen and oxygen atoms in total. The van der Waals surface area contributed by atoms with Gasteiger partial charge < -0.3 is 10.2 Å². The van der Waals surface area contributed by atoms with E-state index in [2.05, 4.69) is 20.1 Å². The highest BCUT2D eigenvalue weighted by Crippen LogP contribution is 2.31. The summed E-state index contributed by atoms with van der Waals surface area (Å²) in [5.74, 6) is -1.53. The molecule has 182 valence electrons. The second kappa shape index (κ2) is 9.90. The number of anilines is 1. The molecule has 34 heavy (non-hydrogen) atoms. The Morgan fingerprint density at radius 1 is 1.12 bits per heavy atom. The van der Waals surface area contributed by atoms with Crippen LogP contribution in [0.15, 0.2) is 41.3 Å². The van der Waals surface area contributed by atoms with Gasteiger partial charge in [0.25, 0.3) is 5.91 Å². The minimum atomic E-state index is -3.54. The van der Waals surface area contributed by atoms with Crippen molar-refractivity contribution in [3.05, 3.63) is 53.6 Å². The maximum Gasteiger partial charge on any atom is 0.251 e. The molecule has 0 bridgehead atoms. The topological polar surface area (TPSA) is 85.8 Å². The Balaban J connectivity index is 1.25. The first-order valence-corrected chi connectivity index (χ1v) is 12.9. The molecule has 12 heteroatoms. The zero-order chi connectivity index (χ0) is 24.5. The monoisotopic (exact) mass is 509 g/mol. The number of hydrogen-bond acceptors (Lipinski definition) is 7. The van der Waals surface area contributed by atoms with E-state index < -0.39 is 21.7 Å². The van der Waals surface area contributed by atoms with Gasteiger partial charge in [-0.1, -0.05) is 11.3 Å². The van der Waals surface area contributed by atoms with E-state index in [1.165, 1.54) is 55.8 Å². The molecule has 1 N–H and O–H groups in total. The van der Waals surface area contributed by atoms with E-state index in [-0.39, 0.29) is 16.3 Å². The number of carbonyl (C=O) groups is 1. The number of hydrogen-bond donors (Lipinski definition) is 1. The lowest BCUT2D eigenvalue weighted by atomic mass is 10.2. The van der Waals surface area contributed by atoms with Crippen LogP contribution in [0.1, 0.15) is 10.4 Å². The molecule has 3 aromatic rings. The van der Waals surface area contributed by atoms with Gasteiger partial charge in [-0.15, -0.1) is 0 Å². The SMILES string of the molecule is CN(C)S(=O)(=O)c1ccc(C(=O)NCCN2CCN(c3nc4c(F)cc(F)cc4s3)CC2)cc1. The van der Waals surface area contributed by atoms with Crippen LogP contribution < -0.4 is 10.2 Å². The van der Waals surface area contributed by atoms with E-state index >= 15 is 0 Å². The number of aromatic nitrogens is 1. The predicted molar refractivity (Wildman–Crippen MR) is 128 cm³/mol. The number of nitrogens with zero attached hydrogens (tertiary/aromatic N) is 4. The number of piperazine rings is 1. The Bertz CT molecular complexity index is 1290. The van der Waals surface area contributed by atoms with Crippen LogP contribution >= 0.6 is 11.3 Å². The predicted octanol–water partition coefficient (Wildman–Crippen LogP) is 2.38. The standard InChI is InChI=1S/C22H25F2N5O3S2/c1-27(2)34(31,32)17-5-3-15(4-6-17)21(30)25-7-8-28-9-11-29(12-10-28)22-26-20-18(24)13-16(23)14-19(20)33-22/h3-6,13-14H,7-12H2,1-2H3,(H,25,30). The molecule has 0 radical (unpaired) electrons. The molecule has 1 amide bonds. The molecule has 0 atom stereocenters. The average molecular weight is 510 g/mol. The molecule has 2 aromatic carbocycles. The van der Waals surface area contributed by atoms with Crippen molar-refractivity contribution in [1.29, 1.82) is 0 Å². The van der Waals surface area contributed by atoms with Crippen molar-refractivity contribution >= 4 is 42.6 Å². The molecule has 1 aliphatic rings. The first kappa shape index (κ1) is 24.5. The van der Waals surface area contributed by atoms with Crippen molar-refractivity contribution in [3.8, 4) is 0 Å². The second-order valence-electron chi connectivity index (χ2n) is 8.13. The van der Waals surface area contributed by atoms with Crippen molar-refractivity contribution in [2.75, 3.05) is 58.3 Å². The fourth-order valence-corrected chi connectivity index (χ4v) is 5.62. The molecule has 0 spiro atoms. The number of rotatable bonds is 7. The summed E-state index contributed by atoms with van der Waals surface area (Å²) in [6.45, 7) is 3.99. The Hall–Kier alpha value is -2.67. The van der Waals surface area contributed by atoms with Gasteiger partial charge in [-0.25, -0.2) is 26.5 Å². The van der Waals surface area contributed by atoms with Gasteiger partial charge in [0, 0.05) is 65.0 Å². The van der Waals surface area contributed by atoms with Gasteiger partial charge in [0.2, 0.25) is 10.0 Å². The minimum absolute atomic E-state index is 0.132. The van der Waals surface area contributed by atoms with Gasteiger partial charge in [-0.2, -0.15) is 0 Å². The Labute approximate surface area is 200 Å². The molecule has 4 rings (SSSR count). The number of sulfonamides is 1. The summed E-state index contributed by atoms with van der Waals surface area (Å²) in [5.41, 5.74) is 0.584. The van der Waals surface area contributed by atoms with Crippen LogP contribution in [0.2, 0.25) is 0 Å². The van der Waals surface area contributed by atoms with Crippen molar-refractivity contribution in [2.24, 2.45) is 0 Å². The molecule has 1 aliphatic heterocycles. The molecule has 0 aliphatic carbocycles. The van der Waals surface area contributed by atoms with Crippen molar-refractivity contribution < 1.29 is 22.0 Å². The smallest absolute Gasteiger partial charge is 0.251 e. The Morgan fingerprint density at radius 2 is 1.79 bits per heavy atom. The third-order valence-corrected chi connectivity index (χ3v) is 8.55. The number of benzene rings is 2. The molecule has 0 unspecified atom stereocenters. The molecular weight excluding hydrogens is 484 g/mol. The van der Waals surface area contributed by atoms with Crippen LogP contribution in [0.25, 0.3) is 10.2 Å². The van der Waals surface area contributed by atoms with E-state index in [1.54, 1.807) is 0 Å². The largest absolute Gasteiger partial charge is 0.351 e. The quantitative estimate of drug-likeness (QED) is 0.527. The third-order valence-electron chi connectivity index (χ3n) is 5.65. The van der Waals surface area contributed by atoms with Gasteiger partial charge in [0.1, 0.15) is 11.3 Å². The highest BCUT2D eigenvalue weighted by molar-refractivity contribution is 7.89. The number of thiazole rings is 1. The van der Waals surface area contributed by atoms with Crippen LogP contribution in [0.3, 0.4) is 0 Å². The van der Waals surface area contributed by atoms with Crippen molar-refractivity contribution in [2.45, 2.75) is 4.90 Å². The summed E-state index contributed by atoms with van der Waals surface area (Å²) in [6.07, 6.45) is 0. The maximum atomic E-state index is 13.9. The molecular formula is C22H25F2N5O3S2. The summed E-state index contributed by atoms with van der Waals surface area (Å²) < 4.78 is 53.2. The summed E-state index contributed by atoms with van der Waals surface area (Å²) in [6, 6.07) is 7.98. The number of halogens is 2. The maximum absolute atomic E-state index is 13.9. The average Bonchev–Trinajstić information content (AvgIpc) is 3.24. The summed E-state index contributed by atoms with van der Waals surface area (Å²) in [4.78, 5) is 21.1. The normalized spacial score (nSPS) is 15.3. The van der Waals surface area contributed by atoms with Gasteiger partial charge in [0.15, 0.2) is 10.9 Å². The fraction of sp³-hybridized carbons (Fsp3) is 0.364. The summed E-state index contributed by atoms with van der Waals surface area (Å²) >= 11 is 1.28. The van der Waals surface area contributed by atoms with Crippen molar-refractivity contribution in [3.63, 3.8) is 0 Å². The molecule has 1 saturated heterocycles. The van der Waals surface area contributed by atoms with Crippen LogP contribution in [0, 0.1) is 11.6 Å². The van der Waals surface area contributed by atoms with Crippen LogP contribution in [0.4, 0.5) is 13.9 Å². The lowest BCUT2D eigenvalue weighted by Crippen LogP contribution is -2.48. The Morgan fingerprint density at radius 3 is 2.44 bits per heavy atom. The summed E-state index contributed by atoms with van der Waals surface area (Å²) in [7, 11) is -0.627. The molecule has 0 saturated carbocycles. The second-order valence-corrected chi connectivity index (χ2v) is 11.3. The van der Waals surface area contributed by atoms with Gasteiger partial charge in [-0.3, -0.25) is 9.69 Å². The number of nitrogens with one attached hydrogen (secondary N) is 1. The molecule has 2 heterocycles. The fourth-order valence-electron chi connectivity index (χ4n) is 3.66. The van der Waals surface area contributed by atoms with Crippen LogP contribution in [-0.2, 0) is 10.0 Å².